The van der Waals surface area contributed by atoms with E-state index in [0.29, 0.717) is 31.4 Å². The fourth-order valence-corrected chi connectivity index (χ4v) is 3.23. The Balaban J connectivity index is 1.84. The minimum Gasteiger partial charge on any atom is -0.381 e. The lowest BCUT2D eigenvalue weighted by Gasteiger charge is -2.31. The molecule has 1 aliphatic heterocycles. The lowest BCUT2D eigenvalue weighted by Crippen LogP contribution is -2.39. The topological polar surface area (TPSA) is 42.4 Å². The summed E-state index contributed by atoms with van der Waals surface area (Å²) < 4.78 is 18.7. The Bertz CT molecular complexity index is 685. The van der Waals surface area contributed by atoms with E-state index in [4.69, 9.17) is 4.74 Å². The monoisotopic (exact) mass is 342 g/mol. The number of hydrogen-bond donors (Lipinski definition) is 0. The van der Waals surface area contributed by atoms with Crippen LogP contribution in [0.15, 0.2) is 48.7 Å². The van der Waals surface area contributed by atoms with Crippen LogP contribution in [0.4, 0.5) is 10.1 Å². The van der Waals surface area contributed by atoms with E-state index in [2.05, 4.69) is 4.98 Å². The molecule has 0 unspecified atom stereocenters. The zero-order valence-corrected chi connectivity index (χ0v) is 14.4. The minimum atomic E-state index is -0.313. The average molecular weight is 342 g/mol. The number of pyridine rings is 1. The molecule has 5 heteroatoms. The number of hydrogen-bond acceptors (Lipinski definition) is 3. The first-order valence-corrected chi connectivity index (χ1v) is 8.70. The molecule has 0 N–H and O–H groups in total. The largest absolute Gasteiger partial charge is 0.381 e. The second kappa shape index (κ2) is 8.21. The van der Waals surface area contributed by atoms with Crippen LogP contribution in [0, 0.1) is 17.7 Å². The molecule has 132 valence electrons. The molecule has 1 aliphatic rings. The number of carbonyl (C=O) groups is 1. The van der Waals surface area contributed by atoms with Gasteiger partial charge in [0.25, 0.3) is 0 Å². The molecule has 2 heterocycles. The number of ether oxygens (including phenoxy) is 1. The molecule has 1 aromatic carbocycles. The smallest absolute Gasteiger partial charge is 0.230 e. The molecule has 2 aromatic rings. The Labute approximate surface area is 147 Å². The summed E-state index contributed by atoms with van der Waals surface area (Å²) in [7, 11) is 0. The SMILES string of the molecule is C[C@H](C(=O)N(Cc1ccccn1)c1ccc(F)cc1)C1CCOCC1. The van der Waals surface area contributed by atoms with Crippen LogP contribution in [-0.2, 0) is 16.1 Å². The summed E-state index contributed by atoms with van der Waals surface area (Å²) in [5.74, 6) is -0.0683. The molecule has 0 saturated carbocycles. The zero-order valence-electron chi connectivity index (χ0n) is 14.4. The van der Waals surface area contributed by atoms with Gasteiger partial charge in [0, 0.05) is 31.0 Å². The zero-order chi connectivity index (χ0) is 17.6. The van der Waals surface area contributed by atoms with E-state index in [1.165, 1.54) is 12.1 Å². The van der Waals surface area contributed by atoms with Crippen LogP contribution in [0.3, 0.4) is 0 Å². The normalized spacial score (nSPS) is 16.4. The Hall–Kier alpha value is -2.27. The number of halogens is 1. The summed E-state index contributed by atoms with van der Waals surface area (Å²) in [6.45, 7) is 3.77. The van der Waals surface area contributed by atoms with Gasteiger partial charge in [0.05, 0.1) is 12.2 Å². The highest BCUT2D eigenvalue weighted by Crippen LogP contribution is 2.28. The molecule has 1 fully saturated rings. The summed E-state index contributed by atoms with van der Waals surface area (Å²) in [4.78, 5) is 19.2. The molecule has 1 aromatic heterocycles. The van der Waals surface area contributed by atoms with E-state index in [9.17, 15) is 9.18 Å². The quantitative estimate of drug-likeness (QED) is 0.830. The van der Waals surface area contributed by atoms with Crippen molar-refractivity contribution in [2.24, 2.45) is 11.8 Å². The second-order valence-corrected chi connectivity index (χ2v) is 6.46. The van der Waals surface area contributed by atoms with Crippen LogP contribution in [0.5, 0.6) is 0 Å². The molecule has 0 radical (unpaired) electrons. The van der Waals surface area contributed by atoms with Crippen molar-refractivity contribution in [3.8, 4) is 0 Å². The van der Waals surface area contributed by atoms with Crippen molar-refractivity contribution in [3.63, 3.8) is 0 Å². The van der Waals surface area contributed by atoms with Gasteiger partial charge in [-0.05, 0) is 55.2 Å². The number of rotatable bonds is 5. The predicted octanol–water partition coefficient (Wildman–Crippen LogP) is 3.82. The Morgan fingerprint density at radius 2 is 1.96 bits per heavy atom. The molecular formula is C20H23FN2O2. The lowest BCUT2D eigenvalue weighted by molar-refractivity contribution is -0.124. The van der Waals surface area contributed by atoms with Gasteiger partial charge in [0.1, 0.15) is 5.82 Å². The number of anilines is 1. The summed E-state index contributed by atoms with van der Waals surface area (Å²) >= 11 is 0. The van der Waals surface area contributed by atoms with Gasteiger partial charge in [-0.2, -0.15) is 0 Å². The van der Waals surface area contributed by atoms with Crippen molar-refractivity contribution in [3.05, 3.63) is 60.2 Å². The van der Waals surface area contributed by atoms with Gasteiger partial charge in [0.15, 0.2) is 0 Å². The molecule has 4 nitrogen and oxygen atoms in total. The van der Waals surface area contributed by atoms with E-state index >= 15 is 0 Å². The highest BCUT2D eigenvalue weighted by atomic mass is 19.1. The van der Waals surface area contributed by atoms with E-state index in [-0.39, 0.29) is 17.6 Å². The van der Waals surface area contributed by atoms with Gasteiger partial charge in [-0.15, -0.1) is 0 Å². The van der Waals surface area contributed by atoms with Crippen molar-refractivity contribution in [2.45, 2.75) is 26.3 Å². The molecule has 25 heavy (non-hydrogen) atoms. The third-order valence-electron chi connectivity index (χ3n) is 4.81. The standard InChI is InChI=1S/C20H23FN2O2/c1-15(16-9-12-25-13-10-16)20(24)23(14-18-4-2-3-11-22-18)19-7-5-17(21)6-8-19/h2-8,11,15-16H,9-10,12-14H2,1H3/t15-/m0/s1. The van der Waals surface area contributed by atoms with Gasteiger partial charge in [-0.1, -0.05) is 13.0 Å². The molecular weight excluding hydrogens is 319 g/mol. The predicted molar refractivity (Wildman–Crippen MR) is 94.5 cm³/mol. The van der Waals surface area contributed by atoms with E-state index < -0.39 is 0 Å². The third-order valence-corrected chi connectivity index (χ3v) is 4.81. The van der Waals surface area contributed by atoms with Gasteiger partial charge in [-0.3, -0.25) is 9.78 Å². The molecule has 1 amide bonds. The highest BCUT2D eigenvalue weighted by Gasteiger charge is 2.30. The van der Waals surface area contributed by atoms with Crippen LogP contribution in [0.25, 0.3) is 0 Å². The van der Waals surface area contributed by atoms with Crippen molar-refractivity contribution in [1.29, 1.82) is 0 Å². The first-order chi connectivity index (χ1) is 12.1. The maximum Gasteiger partial charge on any atom is 0.230 e. The minimum absolute atomic E-state index is 0.0455. The van der Waals surface area contributed by atoms with E-state index in [1.54, 1.807) is 23.2 Å². The summed E-state index contributed by atoms with van der Waals surface area (Å²) in [5.41, 5.74) is 1.50. The molecule has 3 rings (SSSR count). The maximum absolute atomic E-state index is 13.3. The number of carbonyl (C=O) groups excluding carboxylic acids is 1. The second-order valence-electron chi connectivity index (χ2n) is 6.46. The highest BCUT2D eigenvalue weighted by molar-refractivity contribution is 5.94. The van der Waals surface area contributed by atoms with Crippen LogP contribution < -0.4 is 4.90 Å². The molecule has 0 bridgehead atoms. The molecule has 1 saturated heterocycles. The Kier molecular flexibility index (Phi) is 5.76. The average Bonchev–Trinajstić information content (AvgIpc) is 2.67. The molecule has 1 atom stereocenters. The van der Waals surface area contributed by atoms with Crippen molar-refractivity contribution >= 4 is 11.6 Å². The summed E-state index contributed by atoms with van der Waals surface area (Å²) in [6.07, 6.45) is 3.51. The van der Waals surface area contributed by atoms with E-state index in [1.807, 2.05) is 25.1 Å². The fourth-order valence-electron chi connectivity index (χ4n) is 3.23. The first kappa shape index (κ1) is 17.5. The summed E-state index contributed by atoms with van der Waals surface area (Å²) in [5, 5.41) is 0. The van der Waals surface area contributed by atoms with E-state index in [0.717, 1.165) is 18.5 Å². The van der Waals surface area contributed by atoms with Gasteiger partial charge in [-0.25, -0.2) is 4.39 Å². The lowest BCUT2D eigenvalue weighted by atomic mass is 9.86. The maximum atomic E-state index is 13.3. The van der Waals surface area contributed by atoms with Crippen LogP contribution in [0.2, 0.25) is 0 Å². The van der Waals surface area contributed by atoms with Gasteiger partial charge >= 0.3 is 0 Å². The Morgan fingerprint density at radius 3 is 2.60 bits per heavy atom. The first-order valence-electron chi connectivity index (χ1n) is 8.70. The Morgan fingerprint density at radius 1 is 1.24 bits per heavy atom. The van der Waals surface area contributed by atoms with Crippen LogP contribution in [-0.4, -0.2) is 24.1 Å². The van der Waals surface area contributed by atoms with Crippen molar-refractivity contribution in [2.75, 3.05) is 18.1 Å². The number of amides is 1. The van der Waals surface area contributed by atoms with Crippen LogP contribution >= 0.6 is 0 Å². The van der Waals surface area contributed by atoms with Crippen molar-refractivity contribution < 1.29 is 13.9 Å². The summed E-state index contributed by atoms with van der Waals surface area (Å²) in [6, 6.07) is 11.7. The number of nitrogens with zero attached hydrogens (tertiary/aromatic N) is 2. The van der Waals surface area contributed by atoms with Crippen molar-refractivity contribution in [1.82, 2.24) is 4.98 Å². The van der Waals surface area contributed by atoms with Crippen LogP contribution in [0.1, 0.15) is 25.5 Å². The fraction of sp³-hybridized carbons (Fsp3) is 0.400. The molecule has 0 aliphatic carbocycles. The third kappa shape index (κ3) is 4.42. The molecule has 0 spiro atoms. The van der Waals surface area contributed by atoms with Gasteiger partial charge < -0.3 is 9.64 Å². The number of aromatic nitrogens is 1. The number of benzene rings is 1. The van der Waals surface area contributed by atoms with Gasteiger partial charge in [0.2, 0.25) is 5.91 Å².